The Kier molecular flexibility index (Phi) is 5.88. The molecule has 2 heterocycles. The monoisotopic (exact) mass is 510 g/mol. The summed E-state index contributed by atoms with van der Waals surface area (Å²) in [5.41, 5.74) is 1.33. The zero-order valence-electron chi connectivity index (χ0n) is 18.7. The summed E-state index contributed by atoms with van der Waals surface area (Å²) in [4.78, 5) is 39.4. The van der Waals surface area contributed by atoms with Crippen molar-refractivity contribution in [3.8, 4) is 5.75 Å². The van der Waals surface area contributed by atoms with Crippen molar-refractivity contribution in [2.45, 2.75) is 33.0 Å². The first-order valence-corrected chi connectivity index (χ1v) is 11.1. The molecule has 0 N–H and O–H groups in total. The van der Waals surface area contributed by atoms with Crippen molar-refractivity contribution in [2.75, 3.05) is 7.05 Å². The van der Waals surface area contributed by atoms with Crippen molar-refractivity contribution < 1.29 is 23.9 Å². The molecule has 2 amide bonds. The zero-order valence-corrected chi connectivity index (χ0v) is 20.3. The normalized spacial score (nSPS) is 14.4. The van der Waals surface area contributed by atoms with Crippen molar-refractivity contribution in [1.29, 1.82) is 0 Å². The van der Waals surface area contributed by atoms with Gasteiger partial charge in [-0.1, -0.05) is 42.5 Å². The Morgan fingerprint density at radius 3 is 2.30 bits per heavy atom. The van der Waals surface area contributed by atoms with Crippen LogP contribution in [0.1, 0.15) is 31.9 Å². The molecule has 4 rings (SSSR count). The Hall–Kier alpha value is -3.39. The number of ether oxygens (including phenoxy) is 2. The van der Waals surface area contributed by atoms with Crippen LogP contribution in [0.2, 0.25) is 0 Å². The highest BCUT2D eigenvalue weighted by atomic mass is 79.9. The summed E-state index contributed by atoms with van der Waals surface area (Å²) in [5, 5.41) is 0.592. The van der Waals surface area contributed by atoms with Crippen molar-refractivity contribution in [1.82, 2.24) is 9.47 Å². The molecule has 33 heavy (non-hydrogen) atoms. The standard InChI is InChI=1S/C25H23BrN2O5/c1-25(2,3)33-24(31)28-13-17(19-20(26)23(30)27(4)22(19)29)16-11-8-12-18(21(16)28)32-14-15-9-6-5-7-10-15/h5-13H,14H2,1-4H3. The van der Waals surface area contributed by atoms with E-state index in [1.54, 1.807) is 39.0 Å². The minimum Gasteiger partial charge on any atom is -0.487 e. The minimum absolute atomic E-state index is 0.147. The molecule has 0 fully saturated rings. The third kappa shape index (κ3) is 4.30. The van der Waals surface area contributed by atoms with Gasteiger partial charge in [0.25, 0.3) is 11.8 Å². The van der Waals surface area contributed by atoms with Crippen LogP contribution < -0.4 is 4.74 Å². The number of nitrogens with zero attached hydrogens (tertiary/aromatic N) is 2. The maximum absolute atomic E-state index is 13.1. The van der Waals surface area contributed by atoms with Crippen LogP contribution in [0.15, 0.2) is 59.2 Å². The lowest BCUT2D eigenvalue weighted by atomic mass is 10.1. The Labute approximate surface area is 199 Å². The van der Waals surface area contributed by atoms with E-state index in [0.29, 0.717) is 28.8 Å². The number of amides is 2. The molecular weight excluding hydrogens is 488 g/mol. The molecule has 1 aromatic heterocycles. The molecular formula is C25H23BrN2O5. The molecule has 0 atom stereocenters. The second-order valence-electron chi connectivity index (χ2n) is 8.68. The van der Waals surface area contributed by atoms with Gasteiger partial charge in [-0.3, -0.25) is 14.5 Å². The number of aromatic nitrogens is 1. The van der Waals surface area contributed by atoms with E-state index in [1.165, 1.54) is 17.8 Å². The summed E-state index contributed by atoms with van der Waals surface area (Å²) < 4.78 is 13.2. The van der Waals surface area contributed by atoms with Crippen molar-refractivity contribution in [3.05, 3.63) is 70.3 Å². The number of likely N-dealkylation sites (N-methyl/N-ethyl adjacent to an activating group) is 1. The van der Waals surface area contributed by atoms with Crippen LogP contribution in [0.5, 0.6) is 5.75 Å². The van der Waals surface area contributed by atoms with Gasteiger partial charge < -0.3 is 9.47 Å². The Balaban J connectivity index is 1.88. The molecule has 0 saturated carbocycles. The van der Waals surface area contributed by atoms with Gasteiger partial charge in [-0.05, 0) is 48.3 Å². The largest absolute Gasteiger partial charge is 0.487 e. The Morgan fingerprint density at radius 2 is 1.70 bits per heavy atom. The van der Waals surface area contributed by atoms with E-state index in [4.69, 9.17) is 9.47 Å². The molecule has 1 aliphatic rings. The number of fused-ring (bicyclic) bond motifs is 1. The molecule has 1 aliphatic heterocycles. The summed E-state index contributed by atoms with van der Waals surface area (Å²) in [7, 11) is 1.42. The summed E-state index contributed by atoms with van der Waals surface area (Å²) in [6, 6.07) is 15.0. The summed E-state index contributed by atoms with van der Waals surface area (Å²) in [5.74, 6) is -0.439. The molecule has 8 heteroatoms. The van der Waals surface area contributed by atoms with E-state index in [-0.39, 0.29) is 10.1 Å². The third-order valence-electron chi connectivity index (χ3n) is 5.12. The van der Waals surface area contributed by atoms with E-state index in [0.717, 1.165) is 10.5 Å². The second-order valence-corrected chi connectivity index (χ2v) is 9.47. The van der Waals surface area contributed by atoms with E-state index in [1.807, 2.05) is 30.3 Å². The van der Waals surface area contributed by atoms with Crippen LogP contribution >= 0.6 is 15.9 Å². The number of para-hydroxylation sites is 1. The number of rotatable bonds is 4. The topological polar surface area (TPSA) is 77.8 Å². The Morgan fingerprint density at radius 1 is 1.00 bits per heavy atom. The maximum atomic E-state index is 13.1. The van der Waals surface area contributed by atoms with Gasteiger partial charge >= 0.3 is 6.09 Å². The van der Waals surface area contributed by atoms with Crippen molar-refractivity contribution in [2.24, 2.45) is 0 Å². The number of carbonyl (C=O) groups excluding carboxylic acids is 3. The number of hydrogen-bond acceptors (Lipinski definition) is 5. The van der Waals surface area contributed by atoms with Gasteiger partial charge in [0.05, 0.1) is 10.1 Å². The van der Waals surface area contributed by atoms with Crippen LogP contribution in [0.25, 0.3) is 16.5 Å². The van der Waals surface area contributed by atoms with Crippen LogP contribution in [-0.2, 0) is 20.9 Å². The molecule has 0 aliphatic carbocycles. The quantitative estimate of drug-likeness (QED) is 0.455. The van der Waals surface area contributed by atoms with Gasteiger partial charge in [0.2, 0.25) is 0 Å². The first-order valence-electron chi connectivity index (χ1n) is 10.3. The predicted molar refractivity (Wildman–Crippen MR) is 128 cm³/mol. The molecule has 0 saturated heterocycles. The van der Waals surface area contributed by atoms with Crippen molar-refractivity contribution in [3.63, 3.8) is 0 Å². The molecule has 0 radical (unpaired) electrons. The van der Waals surface area contributed by atoms with E-state index in [2.05, 4.69) is 15.9 Å². The Bertz CT molecular complexity index is 1300. The number of benzene rings is 2. The SMILES string of the molecule is CN1C(=O)C(Br)=C(c2cn(C(=O)OC(C)(C)C)c3c(OCc4ccccc4)cccc23)C1=O. The molecule has 2 aromatic carbocycles. The molecule has 7 nitrogen and oxygen atoms in total. The van der Waals surface area contributed by atoms with Crippen LogP contribution in [0.3, 0.4) is 0 Å². The number of hydrogen-bond donors (Lipinski definition) is 0. The molecule has 3 aromatic rings. The van der Waals surface area contributed by atoms with Gasteiger partial charge in [0, 0.05) is 24.2 Å². The van der Waals surface area contributed by atoms with Gasteiger partial charge in [-0.25, -0.2) is 9.36 Å². The fourth-order valence-corrected chi connectivity index (χ4v) is 4.25. The lowest BCUT2D eigenvalue weighted by molar-refractivity contribution is -0.134. The lowest BCUT2D eigenvalue weighted by Gasteiger charge is -2.20. The highest BCUT2D eigenvalue weighted by molar-refractivity contribution is 9.12. The highest BCUT2D eigenvalue weighted by Crippen LogP contribution is 2.39. The number of halogens is 1. The fourth-order valence-electron chi connectivity index (χ4n) is 3.60. The smallest absolute Gasteiger partial charge is 0.419 e. The van der Waals surface area contributed by atoms with Gasteiger partial charge in [-0.2, -0.15) is 0 Å². The summed E-state index contributed by atoms with van der Waals surface area (Å²) in [6.07, 6.45) is 0.908. The van der Waals surface area contributed by atoms with Crippen LogP contribution in [0.4, 0.5) is 4.79 Å². The van der Waals surface area contributed by atoms with Gasteiger partial charge in [0.15, 0.2) is 0 Å². The third-order valence-corrected chi connectivity index (χ3v) is 5.85. The lowest BCUT2D eigenvalue weighted by Crippen LogP contribution is -2.27. The zero-order chi connectivity index (χ0) is 23.9. The van der Waals surface area contributed by atoms with E-state index < -0.39 is 23.5 Å². The highest BCUT2D eigenvalue weighted by Gasteiger charge is 2.37. The maximum Gasteiger partial charge on any atom is 0.419 e. The number of imide groups is 1. The van der Waals surface area contributed by atoms with E-state index >= 15 is 0 Å². The molecule has 170 valence electrons. The molecule has 0 bridgehead atoms. The van der Waals surface area contributed by atoms with Gasteiger partial charge in [-0.15, -0.1) is 0 Å². The summed E-state index contributed by atoms with van der Waals surface area (Å²) >= 11 is 3.26. The fraction of sp³-hybridized carbons (Fsp3) is 0.240. The predicted octanol–water partition coefficient (Wildman–Crippen LogP) is 5.11. The molecule has 0 spiro atoms. The van der Waals surface area contributed by atoms with Gasteiger partial charge in [0.1, 0.15) is 23.5 Å². The van der Waals surface area contributed by atoms with Crippen LogP contribution in [0, 0.1) is 0 Å². The van der Waals surface area contributed by atoms with Crippen LogP contribution in [-0.4, -0.2) is 40.0 Å². The first kappa shape index (κ1) is 22.8. The average molecular weight is 511 g/mol. The average Bonchev–Trinajstić information content (AvgIpc) is 3.24. The summed E-state index contributed by atoms with van der Waals surface area (Å²) in [6.45, 7) is 5.62. The minimum atomic E-state index is -0.729. The number of carbonyl (C=O) groups is 3. The second kappa shape index (κ2) is 8.51. The van der Waals surface area contributed by atoms with E-state index in [9.17, 15) is 14.4 Å². The van der Waals surface area contributed by atoms with Crippen molar-refractivity contribution >= 4 is 50.3 Å². The molecule has 0 unspecified atom stereocenters. The first-order chi connectivity index (χ1) is 15.6.